The third-order valence-corrected chi connectivity index (χ3v) is 2.85. The zero-order valence-electron chi connectivity index (χ0n) is 8.31. The van der Waals surface area contributed by atoms with Crippen molar-refractivity contribution in [3.05, 3.63) is 18.1 Å². The van der Waals surface area contributed by atoms with Crippen molar-refractivity contribution in [1.29, 1.82) is 0 Å². The molecule has 0 spiro atoms. The van der Waals surface area contributed by atoms with Crippen molar-refractivity contribution in [1.82, 2.24) is 9.97 Å². The van der Waals surface area contributed by atoms with E-state index in [1.165, 1.54) is 6.20 Å². The van der Waals surface area contributed by atoms with E-state index in [9.17, 15) is 9.50 Å². The fourth-order valence-electron chi connectivity index (χ4n) is 1.93. The van der Waals surface area contributed by atoms with E-state index in [0.717, 1.165) is 12.1 Å². The van der Waals surface area contributed by atoms with Gasteiger partial charge in [0.1, 0.15) is 12.0 Å². The number of hydrogen-bond acceptors (Lipinski definition) is 4. The third kappa shape index (κ3) is 2.23. The van der Waals surface area contributed by atoms with Crippen LogP contribution in [-0.2, 0) is 0 Å². The Morgan fingerprint density at radius 1 is 1.33 bits per heavy atom. The molecule has 0 aromatic carbocycles. The Labute approximate surface area is 87.4 Å². The summed E-state index contributed by atoms with van der Waals surface area (Å²) in [7, 11) is 0. The first kappa shape index (κ1) is 10.3. The van der Waals surface area contributed by atoms with E-state index >= 15 is 0 Å². The molecule has 1 heterocycles. The van der Waals surface area contributed by atoms with Gasteiger partial charge in [-0.3, -0.25) is 4.98 Å². The molecule has 3 atom stereocenters. The molecule has 1 saturated carbocycles. The van der Waals surface area contributed by atoms with Crippen LogP contribution in [0.1, 0.15) is 30.9 Å². The number of anilines is 1. The van der Waals surface area contributed by atoms with E-state index in [4.69, 9.17) is 5.73 Å². The molecule has 1 aromatic heterocycles. The second-order valence-electron chi connectivity index (χ2n) is 3.96. The highest BCUT2D eigenvalue weighted by Crippen LogP contribution is 2.33. The summed E-state index contributed by atoms with van der Waals surface area (Å²) in [5, 5.41) is 9.26. The monoisotopic (exact) mass is 211 g/mol. The maximum atomic E-state index is 13.3. The van der Waals surface area contributed by atoms with Gasteiger partial charge in [0, 0.05) is 5.92 Å². The van der Waals surface area contributed by atoms with Gasteiger partial charge in [-0.25, -0.2) is 9.37 Å². The molecular formula is C10H14FN3O. The number of nitrogens with zero attached hydrogens (tertiary/aromatic N) is 2. The summed E-state index contributed by atoms with van der Waals surface area (Å²) in [6.45, 7) is 0. The highest BCUT2D eigenvalue weighted by molar-refractivity contribution is 5.24. The maximum Gasteiger partial charge on any atom is 0.141 e. The molecule has 5 heteroatoms. The fraction of sp³-hybridized carbons (Fsp3) is 0.600. The quantitative estimate of drug-likeness (QED) is 0.727. The van der Waals surface area contributed by atoms with Gasteiger partial charge in [0.05, 0.1) is 24.2 Å². The van der Waals surface area contributed by atoms with E-state index in [1.807, 2.05) is 0 Å². The summed E-state index contributed by atoms with van der Waals surface area (Å²) < 4.78 is 13.3. The fourth-order valence-corrected chi connectivity index (χ4v) is 1.93. The van der Waals surface area contributed by atoms with Crippen LogP contribution in [0.5, 0.6) is 0 Å². The van der Waals surface area contributed by atoms with E-state index in [0.29, 0.717) is 18.7 Å². The molecule has 0 aliphatic heterocycles. The molecule has 4 nitrogen and oxygen atoms in total. The summed E-state index contributed by atoms with van der Waals surface area (Å²) >= 11 is 0. The van der Waals surface area contributed by atoms with Gasteiger partial charge in [-0.15, -0.1) is 0 Å². The highest BCUT2D eigenvalue weighted by atomic mass is 19.1. The van der Waals surface area contributed by atoms with Crippen molar-refractivity contribution < 1.29 is 9.50 Å². The molecule has 1 aliphatic carbocycles. The summed E-state index contributed by atoms with van der Waals surface area (Å²) in [6.07, 6.45) is 2.65. The van der Waals surface area contributed by atoms with Gasteiger partial charge in [-0.1, -0.05) is 0 Å². The van der Waals surface area contributed by atoms with Crippen molar-refractivity contribution in [3.8, 4) is 0 Å². The lowest BCUT2D eigenvalue weighted by Gasteiger charge is -2.27. The van der Waals surface area contributed by atoms with Crippen LogP contribution in [0.4, 0.5) is 10.2 Å². The predicted octanol–water partition coefficient (Wildman–Crippen LogP) is 1.03. The van der Waals surface area contributed by atoms with Crippen LogP contribution in [0.15, 0.2) is 12.4 Å². The SMILES string of the molecule is Nc1cnc([C@@H]2CC[C@@H](O)[C@@H](F)C2)cn1. The maximum absolute atomic E-state index is 13.3. The number of hydrogen-bond donors (Lipinski definition) is 2. The molecule has 2 rings (SSSR count). The number of aliphatic hydroxyl groups is 1. The second-order valence-corrected chi connectivity index (χ2v) is 3.96. The van der Waals surface area contributed by atoms with Gasteiger partial charge < -0.3 is 10.8 Å². The summed E-state index contributed by atoms with van der Waals surface area (Å²) in [5.74, 6) is 0.419. The zero-order chi connectivity index (χ0) is 10.8. The standard InChI is InChI=1S/C10H14FN3O/c11-7-3-6(1-2-9(7)15)8-4-14-10(12)5-13-8/h4-7,9,15H,1-3H2,(H2,12,14)/t6-,7+,9-/m1/s1. The lowest BCUT2D eigenvalue weighted by molar-refractivity contribution is 0.0363. The van der Waals surface area contributed by atoms with Crippen molar-refractivity contribution >= 4 is 5.82 Å². The average Bonchev–Trinajstić information content (AvgIpc) is 2.23. The molecule has 0 radical (unpaired) electrons. The number of aliphatic hydroxyl groups excluding tert-OH is 1. The van der Waals surface area contributed by atoms with E-state index < -0.39 is 12.3 Å². The van der Waals surface area contributed by atoms with Crippen molar-refractivity contribution in [2.45, 2.75) is 37.5 Å². The first-order valence-corrected chi connectivity index (χ1v) is 5.06. The number of rotatable bonds is 1. The highest BCUT2D eigenvalue weighted by Gasteiger charge is 2.30. The van der Waals surface area contributed by atoms with Gasteiger partial charge in [-0.2, -0.15) is 0 Å². The second kappa shape index (κ2) is 4.10. The normalized spacial score (nSPS) is 31.5. The molecule has 1 aliphatic rings. The van der Waals surface area contributed by atoms with Gasteiger partial charge in [0.15, 0.2) is 0 Å². The van der Waals surface area contributed by atoms with Gasteiger partial charge in [0.2, 0.25) is 0 Å². The topological polar surface area (TPSA) is 72.0 Å². The number of nitrogens with two attached hydrogens (primary N) is 1. The molecule has 0 amide bonds. The zero-order valence-corrected chi connectivity index (χ0v) is 8.31. The molecule has 82 valence electrons. The average molecular weight is 211 g/mol. The first-order valence-electron chi connectivity index (χ1n) is 5.06. The molecule has 3 N–H and O–H groups in total. The molecule has 1 fully saturated rings. The summed E-state index contributed by atoms with van der Waals surface area (Å²) in [6, 6.07) is 0. The smallest absolute Gasteiger partial charge is 0.141 e. The molecule has 0 saturated heterocycles. The first-order chi connectivity index (χ1) is 7.16. The van der Waals surface area contributed by atoms with Crippen LogP contribution >= 0.6 is 0 Å². The third-order valence-electron chi connectivity index (χ3n) is 2.85. The minimum absolute atomic E-state index is 0.0523. The Hall–Kier alpha value is -1.23. The van der Waals surface area contributed by atoms with Gasteiger partial charge in [0.25, 0.3) is 0 Å². The largest absolute Gasteiger partial charge is 0.390 e. The lowest BCUT2D eigenvalue weighted by Crippen LogP contribution is -2.29. The summed E-state index contributed by atoms with van der Waals surface area (Å²) in [4.78, 5) is 8.05. The predicted molar refractivity (Wildman–Crippen MR) is 53.9 cm³/mol. The van der Waals surface area contributed by atoms with Crippen LogP contribution in [-0.4, -0.2) is 27.4 Å². The Kier molecular flexibility index (Phi) is 2.81. The minimum atomic E-state index is -1.15. The van der Waals surface area contributed by atoms with Gasteiger partial charge >= 0.3 is 0 Å². The molecule has 15 heavy (non-hydrogen) atoms. The van der Waals surface area contributed by atoms with Crippen LogP contribution in [0.25, 0.3) is 0 Å². The van der Waals surface area contributed by atoms with Crippen LogP contribution in [0.3, 0.4) is 0 Å². The van der Waals surface area contributed by atoms with Crippen LogP contribution < -0.4 is 5.73 Å². The van der Waals surface area contributed by atoms with Crippen LogP contribution in [0.2, 0.25) is 0 Å². The van der Waals surface area contributed by atoms with E-state index in [2.05, 4.69) is 9.97 Å². The molecular weight excluding hydrogens is 197 g/mol. The Morgan fingerprint density at radius 2 is 2.13 bits per heavy atom. The van der Waals surface area contributed by atoms with E-state index in [-0.39, 0.29) is 5.92 Å². The molecule has 1 aromatic rings. The van der Waals surface area contributed by atoms with Crippen molar-refractivity contribution in [2.75, 3.05) is 5.73 Å². The number of halogens is 1. The minimum Gasteiger partial charge on any atom is -0.390 e. The Bertz CT molecular complexity index is 330. The van der Waals surface area contributed by atoms with Crippen LogP contribution in [0, 0.1) is 0 Å². The van der Waals surface area contributed by atoms with Crippen molar-refractivity contribution in [3.63, 3.8) is 0 Å². The lowest BCUT2D eigenvalue weighted by atomic mass is 9.84. The summed E-state index contributed by atoms with van der Waals surface area (Å²) in [5.41, 5.74) is 6.18. The number of alkyl halides is 1. The van der Waals surface area contributed by atoms with Crippen molar-refractivity contribution in [2.24, 2.45) is 0 Å². The van der Waals surface area contributed by atoms with E-state index in [1.54, 1.807) is 6.20 Å². The Balaban J connectivity index is 2.08. The Morgan fingerprint density at radius 3 is 2.73 bits per heavy atom. The number of aromatic nitrogens is 2. The molecule has 0 bridgehead atoms. The number of nitrogen functional groups attached to an aromatic ring is 1. The molecule has 0 unspecified atom stereocenters. The van der Waals surface area contributed by atoms with Gasteiger partial charge in [-0.05, 0) is 19.3 Å².